The van der Waals surface area contributed by atoms with E-state index in [-0.39, 0.29) is 0 Å². The summed E-state index contributed by atoms with van der Waals surface area (Å²) in [7, 11) is 6.01. The number of hydrogen-bond donors (Lipinski definition) is 0. The van der Waals surface area contributed by atoms with Crippen molar-refractivity contribution in [1.82, 2.24) is 4.90 Å². The molecule has 0 spiro atoms. The van der Waals surface area contributed by atoms with Crippen LogP contribution in [-0.2, 0) is 0 Å². The molecule has 0 N–H and O–H groups in total. The molecule has 0 bridgehead atoms. The van der Waals surface area contributed by atoms with Gasteiger partial charge in [0.05, 0.1) is 7.11 Å². The van der Waals surface area contributed by atoms with Crippen LogP contribution in [0.4, 0.5) is 0 Å². The second-order valence-electron chi connectivity index (χ2n) is 5.28. The molecule has 2 nitrogen and oxygen atoms in total. The molecular weight excluding hydrogens is 222 g/mol. The molecule has 0 radical (unpaired) electrons. The van der Waals surface area contributed by atoms with E-state index in [9.17, 15) is 0 Å². The van der Waals surface area contributed by atoms with E-state index in [0.717, 1.165) is 11.7 Å². The van der Waals surface area contributed by atoms with Crippen LogP contribution in [0.2, 0.25) is 0 Å². The van der Waals surface area contributed by atoms with Crippen molar-refractivity contribution in [1.29, 1.82) is 0 Å². The van der Waals surface area contributed by atoms with E-state index < -0.39 is 0 Å². The van der Waals surface area contributed by atoms with Crippen molar-refractivity contribution in [3.05, 3.63) is 30.3 Å². The fourth-order valence-electron chi connectivity index (χ4n) is 2.44. The van der Waals surface area contributed by atoms with Crippen LogP contribution in [0.5, 0.6) is 5.75 Å². The summed E-state index contributed by atoms with van der Waals surface area (Å²) in [6.07, 6.45) is 7.36. The summed E-state index contributed by atoms with van der Waals surface area (Å²) < 4.78 is 4.91. The Labute approximate surface area is 112 Å². The first-order chi connectivity index (χ1) is 8.72. The van der Waals surface area contributed by atoms with E-state index in [1.54, 1.807) is 7.11 Å². The smallest absolute Gasteiger partial charge is 0.118 e. The molecule has 18 heavy (non-hydrogen) atoms. The number of para-hydroxylation sites is 1. The number of hydrogen-bond acceptors (Lipinski definition) is 2. The molecule has 1 aromatic rings. The van der Waals surface area contributed by atoms with Gasteiger partial charge in [0.2, 0.25) is 0 Å². The van der Waals surface area contributed by atoms with Crippen LogP contribution >= 0.6 is 0 Å². The van der Waals surface area contributed by atoms with Crippen molar-refractivity contribution in [3.8, 4) is 5.75 Å². The highest BCUT2D eigenvalue weighted by Gasteiger charge is 2.13. The van der Waals surface area contributed by atoms with Crippen LogP contribution in [0.1, 0.15) is 32.1 Å². The summed E-state index contributed by atoms with van der Waals surface area (Å²) in [5, 5.41) is 0. The molecule has 1 fully saturated rings. The number of benzene rings is 1. The predicted molar refractivity (Wildman–Crippen MR) is 78.1 cm³/mol. The van der Waals surface area contributed by atoms with Gasteiger partial charge in [-0.2, -0.15) is 0 Å². The third kappa shape index (κ3) is 6.65. The van der Waals surface area contributed by atoms with Crippen molar-refractivity contribution < 1.29 is 4.74 Å². The molecule has 1 saturated carbocycles. The minimum Gasteiger partial charge on any atom is -0.497 e. The SMILES string of the molecule is CN(C)CC1CCCCC1.COc1ccccc1. The fraction of sp³-hybridized carbons (Fsp3) is 0.625. The monoisotopic (exact) mass is 249 g/mol. The minimum absolute atomic E-state index is 0.910. The lowest BCUT2D eigenvalue weighted by Gasteiger charge is -2.24. The lowest BCUT2D eigenvalue weighted by molar-refractivity contribution is 0.264. The maximum absolute atomic E-state index is 4.91. The molecule has 1 aliphatic carbocycles. The van der Waals surface area contributed by atoms with E-state index >= 15 is 0 Å². The summed E-state index contributed by atoms with van der Waals surface area (Å²) in [5.74, 6) is 1.91. The number of methoxy groups -OCH3 is 1. The molecule has 1 aliphatic rings. The number of nitrogens with zero attached hydrogens (tertiary/aromatic N) is 1. The highest BCUT2D eigenvalue weighted by molar-refractivity contribution is 5.20. The summed E-state index contributed by atoms with van der Waals surface area (Å²) in [4.78, 5) is 2.32. The molecule has 0 unspecified atom stereocenters. The summed E-state index contributed by atoms with van der Waals surface area (Å²) in [5.41, 5.74) is 0. The van der Waals surface area contributed by atoms with E-state index in [0.29, 0.717) is 0 Å². The molecule has 2 rings (SSSR count). The zero-order chi connectivity index (χ0) is 13.2. The normalized spacial score (nSPS) is 16.0. The van der Waals surface area contributed by atoms with E-state index in [2.05, 4.69) is 19.0 Å². The molecule has 1 aromatic carbocycles. The zero-order valence-corrected chi connectivity index (χ0v) is 12.1. The Hall–Kier alpha value is -1.02. The molecular formula is C16H27NO. The van der Waals surface area contributed by atoms with Gasteiger partial charge in [0.25, 0.3) is 0 Å². The van der Waals surface area contributed by atoms with E-state index in [1.165, 1.54) is 38.6 Å². The number of ether oxygens (including phenoxy) is 1. The van der Waals surface area contributed by atoms with Gasteiger partial charge in [0, 0.05) is 6.54 Å². The predicted octanol–water partition coefficient (Wildman–Crippen LogP) is 3.82. The lowest BCUT2D eigenvalue weighted by Crippen LogP contribution is -2.23. The second kappa shape index (κ2) is 8.98. The summed E-state index contributed by atoms with van der Waals surface area (Å²) in [6.45, 7) is 1.31. The average Bonchev–Trinajstić information content (AvgIpc) is 2.41. The van der Waals surface area contributed by atoms with Gasteiger partial charge < -0.3 is 9.64 Å². The van der Waals surface area contributed by atoms with Gasteiger partial charge in [0.1, 0.15) is 5.75 Å². The van der Waals surface area contributed by atoms with Crippen LogP contribution < -0.4 is 4.74 Å². The first-order valence-corrected chi connectivity index (χ1v) is 6.96. The Morgan fingerprint density at radius 1 is 1.06 bits per heavy atom. The maximum atomic E-state index is 4.91. The van der Waals surface area contributed by atoms with Crippen molar-refractivity contribution in [2.75, 3.05) is 27.7 Å². The van der Waals surface area contributed by atoms with Crippen molar-refractivity contribution in [2.24, 2.45) is 5.92 Å². The molecule has 0 atom stereocenters. The number of rotatable bonds is 3. The van der Waals surface area contributed by atoms with Gasteiger partial charge in [-0.25, -0.2) is 0 Å². The third-order valence-electron chi connectivity index (χ3n) is 3.33. The fourth-order valence-corrected chi connectivity index (χ4v) is 2.44. The van der Waals surface area contributed by atoms with Gasteiger partial charge in [0.15, 0.2) is 0 Å². The van der Waals surface area contributed by atoms with Crippen molar-refractivity contribution in [2.45, 2.75) is 32.1 Å². The van der Waals surface area contributed by atoms with Crippen LogP contribution in [0.25, 0.3) is 0 Å². The largest absolute Gasteiger partial charge is 0.497 e. The van der Waals surface area contributed by atoms with Crippen LogP contribution in [0.3, 0.4) is 0 Å². The van der Waals surface area contributed by atoms with Crippen molar-refractivity contribution in [3.63, 3.8) is 0 Å². The molecule has 0 heterocycles. The van der Waals surface area contributed by atoms with Crippen molar-refractivity contribution >= 4 is 0 Å². The molecule has 0 aliphatic heterocycles. The van der Waals surface area contributed by atoms with Crippen LogP contribution in [0.15, 0.2) is 30.3 Å². The Kier molecular flexibility index (Phi) is 7.51. The van der Waals surface area contributed by atoms with E-state index in [1.807, 2.05) is 30.3 Å². The topological polar surface area (TPSA) is 12.5 Å². The zero-order valence-electron chi connectivity index (χ0n) is 12.1. The lowest BCUT2D eigenvalue weighted by atomic mass is 9.89. The van der Waals surface area contributed by atoms with Gasteiger partial charge in [-0.05, 0) is 45.0 Å². The first kappa shape index (κ1) is 15.0. The molecule has 0 aromatic heterocycles. The van der Waals surface area contributed by atoms with Gasteiger partial charge in [-0.15, -0.1) is 0 Å². The second-order valence-corrected chi connectivity index (χ2v) is 5.28. The minimum atomic E-state index is 0.910. The first-order valence-electron chi connectivity index (χ1n) is 6.96. The summed E-state index contributed by atoms with van der Waals surface area (Å²) in [6, 6.07) is 9.68. The molecule has 2 heteroatoms. The Bertz CT molecular complexity index is 291. The average molecular weight is 249 g/mol. The highest BCUT2D eigenvalue weighted by atomic mass is 16.5. The quantitative estimate of drug-likeness (QED) is 0.807. The Morgan fingerprint density at radius 2 is 1.67 bits per heavy atom. The molecule has 102 valence electrons. The standard InChI is InChI=1S/C9H19N.C7H8O/c1-10(2)8-9-6-4-3-5-7-9;1-8-7-5-3-2-4-6-7/h9H,3-8H2,1-2H3;2-6H,1H3. The maximum Gasteiger partial charge on any atom is 0.118 e. The van der Waals surface area contributed by atoms with Gasteiger partial charge in [-0.3, -0.25) is 0 Å². The highest BCUT2D eigenvalue weighted by Crippen LogP contribution is 2.23. The third-order valence-corrected chi connectivity index (χ3v) is 3.33. The van der Waals surface area contributed by atoms with Crippen LogP contribution in [-0.4, -0.2) is 32.6 Å². The Balaban J connectivity index is 0.000000184. The van der Waals surface area contributed by atoms with Gasteiger partial charge >= 0.3 is 0 Å². The summed E-state index contributed by atoms with van der Waals surface area (Å²) >= 11 is 0. The molecule has 0 saturated heterocycles. The van der Waals surface area contributed by atoms with E-state index in [4.69, 9.17) is 4.74 Å². The molecule has 0 amide bonds. The Morgan fingerprint density at radius 3 is 2.11 bits per heavy atom. The van der Waals surface area contributed by atoms with Gasteiger partial charge in [-0.1, -0.05) is 37.5 Å². The van der Waals surface area contributed by atoms with Crippen LogP contribution in [0, 0.1) is 5.92 Å².